The van der Waals surface area contributed by atoms with Crippen LogP contribution in [0.25, 0.3) is 0 Å². The van der Waals surface area contributed by atoms with E-state index in [2.05, 4.69) is 17.4 Å². The summed E-state index contributed by atoms with van der Waals surface area (Å²) in [5.41, 5.74) is 1.21. The Morgan fingerprint density at radius 3 is 2.23 bits per heavy atom. The maximum atomic E-state index is 12.4. The van der Waals surface area contributed by atoms with Crippen molar-refractivity contribution < 1.29 is 13.2 Å². The lowest BCUT2D eigenvalue weighted by molar-refractivity contribution is -0.127. The minimum Gasteiger partial charge on any atom is -0.352 e. The Balaban J connectivity index is 2.60. The van der Waals surface area contributed by atoms with Crippen LogP contribution in [0.3, 0.4) is 0 Å². The molecular weight excluding hydrogens is 298 g/mol. The molecule has 1 rings (SSSR count). The second kappa shape index (κ2) is 8.32. The van der Waals surface area contributed by atoms with Crippen LogP contribution in [0.5, 0.6) is 0 Å². The molecule has 4 nitrogen and oxygen atoms in total. The van der Waals surface area contributed by atoms with Crippen molar-refractivity contribution in [3.63, 3.8) is 0 Å². The van der Waals surface area contributed by atoms with Gasteiger partial charge in [0.05, 0.1) is 5.75 Å². The number of sulfone groups is 1. The van der Waals surface area contributed by atoms with Crippen LogP contribution >= 0.6 is 0 Å². The number of benzene rings is 1. The first-order chi connectivity index (χ1) is 10.2. The number of carbonyl (C=O) groups excluding carboxylic acids is 1. The fourth-order valence-corrected chi connectivity index (χ4v) is 3.57. The molecule has 1 amide bonds. The molecule has 1 N–H and O–H groups in total. The third kappa shape index (κ3) is 7.07. The highest BCUT2D eigenvalue weighted by Crippen LogP contribution is 2.19. The maximum Gasteiger partial charge on any atom is 0.223 e. The first kappa shape index (κ1) is 18.7. The third-order valence-electron chi connectivity index (χ3n) is 3.67. The van der Waals surface area contributed by atoms with E-state index in [9.17, 15) is 13.2 Å². The van der Waals surface area contributed by atoms with Crippen molar-refractivity contribution >= 4 is 15.7 Å². The van der Waals surface area contributed by atoms with Crippen LogP contribution in [-0.4, -0.2) is 32.4 Å². The SMILES string of the molecule is CC(CS(C)(=O)=O)NC(=O)C(CCc1ccccc1)C(C)C. The predicted molar refractivity (Wildman–Crippen MR) is 90.4 cm³/mol. The van der Waals surface area contributed by atoms with E-state index in [1.54, 1.807) is 6.92 Å². The first-order valence-corrected chi connectivity index (χ1v) is 9.77. The highest BCUT2D eigenvalue weighted by Gasteiger charge is 2.24. The van der Waals surface area contributed by atoms with E-state index in [0.717, 1.165) is 12.8 Å². The molecule has 0 aliphatic heterocycles. The normalized spacial score (nSPS) is 14.6. The molecule has 0 saturated heterocycles. The standard InChI is InChI=1S/C17H27NO3S/c1-13(2)16(11-10-15-8-6-5-7-9-15)17(19)18-14(3)12-22(4,20)21/h5-9,13-14,16H,10-12H2,1-4H3,(H,18,19). The van der Waals surface area contributed by atoms with E-state index in [-0.39, 0.29) is 29.5 Å². The van der Waals surface area contributed by atoms with Gasteiger partial charge < -0.3 is 5.32 Å². The van der Waals surface area contributed by atoms with Crippen LogP contribution in [0.2, 0.25) is 0 Å². The lowest BCUT2D eigenvalue weighted by atomic mass is 9.88. The molecule has 2 atom stereocenters. The fourth-order valence-electron chi connectivity index (χ4n) is 2.58. The van der Waals surface area contributed by atoms with E-state index in [0.29, 0.717) is 0 Å². The number of carbonyl (C=O) groups is 1. The molecule has 0 spiro atoms. The molecule has 1 aromatic rings. The average Bonchev–Trinajstić information content (AvgIpc) is 2.37. The Morgan fingerprint density at radius 2 is 1.73 bits per heavy atom. The lowest BCUT2D eigenvalue weighted by Crippen LogP contribution is -2.42. The van der Waals surface area contributed by atoms with Crippen molar-refractivity contribution in [3.05, 3.63) is 35.9 Å². The van der Waals surface area contributed by atoms with Crippen molar-refractivity contribution in [1.29, 1.82) is 0 Å². The van der Waals surface area contributed by atoms with Crippen LogP contribution in [0.1, 0.15) is 32.8 Å². The molecule has 22 heavy (non-hydrogen) atoms. The summed E-state index contributed by atoms with van der Waals surface area (Å²) in [7, 11) is -3.08. The number of hydrogen-bond acceptors (Lipinski definition) is 3. The van der Waals surface area contributed by atoms with Crippen LogP contribution in [-0.2, 0) is 21.1 Å². The molecule has 0 saturated carbocycles. The number of amides is 1. The summed E-state index contributed by atoms with van der Waals surface area (Å²) in [4.78, 5) is 12.4. The van der Waals surface area contributed by atoms with Crippen molar-refractivity contribution in [2.75, 3.05) is 12.0 Å². The van der Waals surface area contributed by atoms with Gasteiger partial charge in [-0.3, -0.25) is 4.79 Å². The van der Waals surface area contributed by atoms with Crippen molar-refractivity contribution in [3.8, 4) is 0 Å². The second-order valence-corrected chi connectivity index (χ2v) is 8.56. The molecule has 0 heterocycles. The zero-order valence-electron chi connectivity index (χ0n) is 13.9. The number of hydrogen-bond donors (Lipinski definition) is 1. The largest absolute Gasteiger partial charge is 0.352 e. The van der Waals surface area contributed by atoms with Crippen LogP contribution in [0.4, 0.5) is 0 Å². The van der Waals surface area contributed by atoms with Crippen LogP contribution < -0.4 is 5.32 Å². The predicted octanol–water partition coefficient (Wildman–Crippen LogP) is 2.44. The lowest BCUT2D eigenvalue weighted by Gasteiger charge is -2.22. The molecule has 124 valence electrons. The van der Waals surface area contributed by atoms with Gasteiger partial charge in [0.2, 0.25) is 5.91 Å². The van der Waals surface area contributed by atoms with Gasteiger partial charge in [0.1, 0.15) is 9.84 Å². The van der Waals surface area contributed by atoms with Crippen molar-refractivity contribution in [1.82, 2.24) is 5.32 Å². The van der Waals surface area contributed by atoms with Gasteiger partial charge in [-0.15, -0.1) is 0 Å². The second-order valence-electron chi connectivity index (χ2n) is 6.38. The van der Waals surface area contributed by atoms with E-state index < -0.39 is 9.84 Å². The molecule has 5 heteroatoms. The first-order valence-electron chi connectivity index (χ1n) is 7.71. The average molecular weight is 325 g/mol. The smallest absolute Gasteiger partial charge is 0.223 e. The van der Waals surface area contributed by atoms with Gasteiger partial charge in [-0.1, -0.05) is 44.2 Å². The molecule has 0 aliphatic carbocycles. The fraction of sp³-hybridized carbons (Fsp3) is 0.588. The Morgan fingerprint density at radius 1 is 1.14 bits per heavy atom. The number of nitrogens with one attached hydrogen (secondary N) is 1. The zero-order valence-corrected chi connectivity index (χ0v) is 14.7. The summed E-state index contributed by atoms with van der Waals surface area (Å²) in [6.07, 6.45) is 2.79. The summed E-state index contributed by atoms with van der Waals surface area (Å²) in [5.74, 6) is 0.0286. The minimum atomic E-state index is -3.08. The van der Waals surface area contributed by atoms with Crippen molar-refractivity contribution in [2.45, 2.75) is 39.7 Å². The highest BCUT2D eigenvalue weighted by molar-refractivity contribution is 7.90. The van der Waals surface area contributed by atoms with Gasteiger partial charge in [-0.2, -0.15) is 0 Å². The molecule has 0 radical (unpaired) electrons. The third-order valence-corrected chi connectivity index (χ3v) is 4.78. The maximum absolute atomic E-state index is 12.4. The van der Waals surface area contributed by atoms with E-state index in [1.165, 1.54) is 11.8 Å². The Labute approximate surface area is 134 Å². The Bertz CT molecular complexity index is 567. The molecule has 0 aliphatic rings. The summed E-state index contributed by atoms with van der Waals surface area (Å²) in [6, 6.07) is 9.72. The molecule has 0 bridgehead atoms. The van der Waals surface area contributed by atoms with Crippen molar-refractivity contribution in [2.24, 2.45) is 11.8 Å². The summed E-state index contributed by atoms with van der Waals surface area (Å²) in [5, 5.41) is 2.84. The number of aryl methyl sites for hydroxylation is 1. The molecule has 0 fully saturated rings. The summed E-state index contributed by atoms with van der Waals surface area (Å²) < 4.78 is 22.6. The molecule has 0 aromatic heterocycles. The highest BCUT2D eigenvalue weighted by atomic mass is 32.2. The van der Waals surface area contributed by atoms with Gasteiger partial charge in [-0.25, -0.2) is 8.42 Å². The van der Waals surface area contributed by atoms with E-state index in [1.807, 2.05) is 32.0 Å². The zero-order chi connectivity index (χ0) is 16.8. The van der Waals surface area contributed by atoms with Gasteiger partial charge in [-0.05, 0) is 31.2 Å². The van der Waals surface area contributed by atoms with E-state index in [4.69, 9.17) is 0 Å². The van der Waals surface area contributed by atoms with Gasteiger partial charge >= 0.3 is 0 Å². The Hall–Kier alpha value is -1.36. The molecule has 2 unspecified atom stereocenters. The minimum absolute atomic E-state index is 0.0256. The quantitative estimate of drug-likeness (QED) is 0.798. The van der Waals surface area contributed by atoms with Crippen LogP contribution in [0.15, 0.2) is 30.3 Å². The van der Waals surface area contributed by atoms with Gasteiger partial charge in [0, 0.05) is 18.2 Å². The summed E-state index contributed by atoms with van der Waals surface area (Å²) in [6.45, 7) is 5.78. The topological polar surface area (TPSA) is 63.2 Å². The Kier molecular flexibility index (Phi) is 7.07. The number of rotatable bonds is 8. The van der Waals surface area contributed by atoms with Gasteiger partial charge in [0.25, 0.3) is 0 Å². The molecular formula is C17H27NO3S. The summed E-state index contributed by atoms with van der Waals surface area (Å²) >= 11 is 0. The van der Waals surface area contributed by atoms with E-state index >= 15 is 0 Å². The van der Waals surface area contributed by atoms with Crippen LogP contribution in [0, 0.1) is 11.8 Å². The molecule has 1 aromatic carbocycles. The monoisotopic (exact) mass is 325 g/mol. The van der Waals surface area contributed by atoms with Gasteiger partial charge in [0.15, 0.2) is 0 Å².